The van der Waals surface area contributed by atoms with Crippen molar-refractivity contribution >= 4 is 24.2 Å². The lowest BCUT2D eigenvalue weighted by molar-refractivity contribution is -0.140. The Hall–Kier alpha value is -1.84. The molecule has 1 aromatic carbocycles. The molecular weight excluding hydrogens is 363 g/mol. The summed E-state index contributed by atoms with van der Waals surface area (Å²) in [6.45, 7) is 2.40. The number of benzene rings is 1. The molecule has 0 spiro atoms. The van der Waals surface area contributed by atoms with E-state index in [-0.39, 0.29) is 24.5 Å². The molecule has 0 radical (unpaired) electrons. The van der Waals surface area contributed by atoms with Gasteiger partial charge in [0.05, 0.1) is 12.2 Å². The minimum atomic E-state index is -4.57. The zero-order chi connectivity index (χ0) is 18.0. The smallest absolute Gasteiger partial charge is 0.367 e. The number of halogens is 4. The molecule has 1 aliphatic rings. The molecule has 0 bridgehead atoms. The van der Waals surface area contributed by atoms with Gasteiger partial charge in [0, 0.05) is 13.1 Å². The molecule has 0 saturated carbocycles. The van der Waals surface area contributed by atoms with Crippen molar-refractivity contribution in [2.24, 2.45) is 5.73 Å². The van der Waals surface area contributed by atoms with E-state index in [1.165, 1.54) is 13.0 Å². The molecule has 2 rings (SSSR count). The van der Waals surface area contributed by atoms with Crippen molar-refractivity contribution in [2.75, 3.05) is 19.7 Å². The van der Waals surface area contributed by atoms with E-state index in [4.69, 9.17) is 10.5 Å². The zero-order valence-corrected chi connectivity index (χ0v) is 14.2. The summed E-state index contributed by atoms with van der Waals surface area (Å²) >= 11 is 0. The molecule has 1 heterocycles. The van der Waals surface area contributed by atoms with E-state index in [1.807, 2.05) is 0 Å². The van der Waals surface area contributed by atoms with Gasteiger partial charge in [-0.15, -0.1) is 12.4 Å². The molecule has 1 aliphatic heterocycles. The van der Waals surface area contributed by atoms with Crippen LogP contribution >= 0.6 is 12.4 Å². The standard InChI is InChI=1S/C15H18F3N3O3.ClH/c1-14(13(19)23,21-12(22)11-8-20-5-6-24-11)9-3-2-4-10(7-9)15(16,17)18;/h2-4,7,11,20H,5-6,8H2,1H3,(H2,19,23)(H,21,22);1H. The first-order valence-corrected chi connectivity index (χ1v) is 7.26. The van der Waals surface area contributed by atoms with Gasteiger partial charge in [0.1, 0.15) is 11.6 Å². The van der Waals surface area contributed by atoms with Crippen LogP contribution < -0.4 is 16.4 Å². The number of hydrogen-bond donors (Lipinski definition) is 3. The third-order valence-electron chi connectivity index (χ3n) is 3.85. The Labute approximate surface area is 148 Å². The van der Waals surface area contributed by atoms with E-state index in [9.17, 15) is 22.8 Å². The monoisotopic (exact) mass is 381 g/mol. The number of ether oxygens (including phenoxy) is 1. The second-order valence-corrected chi connectivity index (χ2v) is 5.62. The van der Waals surface area contributed by atoms with Gasteiger partial charge in [-0.25, -0.2) is 0 Å². The van der Waals surface area contributed by atoms with Crippen LogP contribution in [0.3, 0.4) is 0 Å². The molecule has 0 aliphatic carbocycles. The Bertz CT molecular complexity index is 636. The number of amides is 2. The van der Waals surface area contributed by atoms with E-state index in [0.29, 0.717) is 13.2 Å². The van der Waals surface area contributed by atoms with Gasteiger partial charge < -0.3 is 21.1 Å². The maximum absolute atomic E-state index is 12.9. The summed E-state index contributed by atoms with van der Waals surface area (Å²) in [7, 11) is 0. The largest absolute Gasteiger partial charge is 0.416 e. The highest BCUT2D eigenvalue weighted by Crippen LogP contribution is 2.32. The Morgan fingerprint density at radius 3 is 2.48 bits per heavy atom. The number of nitrogens with two attached hydrogens (primary N) is 1. The average molecular weight is 382 g/mol. The molecule has 2 amide bonds. The number of hydrogen-bond acceptors (Lipinski definition) is 4. The minimum absolute atomic E-state index is 0. The molecule has 6 nitrogen and oxygen atoms in total. The number of primary amides is 1. The van der Waals surface area contributed by atoms with Gasteiger partial charge in [-0.3, -0.25) is 9.59 Å². The van der Waals surface area contributed by atoms with Crippen molar-refractivity contribution in [3.8, 4) is 0 Å². The quantitative estimate of drug-likeness (QED) is 0.723. The Kier molecular flexibility index (Phi) is 6.81. The van der Waals surface area contributed by atoms with Gasteiger partial charge in [-0.2, -0.15) is 13.2 Å². The van der Waals surface area contributed by atoms with Gasteiger partial charge in [0.2, 0.25) is 5.91 Å². The summed E-state index contributed by atoms with van der Waals surface area (Å²) in [5.74, 6) is -1.60. The van der Waals surface area contributed by atoms with E-state index in [2.05, 4.69) is 10.6 Å². The molecule has 10 heteroatoms. The maximum Gasteiger partial charge on any atom is 0.416 e. The summed E-state index contributed by atoms with van der Waals surface area (Å²) in [5, 5.41) is 5.36. The van der Waals surface area contributed by atoms with Crippen LogP contribution in [0.25, 0.3) is 0 Å². The number of rotatable bonds is 4. The molecule has 0 aromatic heterocycles. The molecular formula is C15H19ClF3N3O3. The lowest BCUT2D eigenvalue weighted by atomic mass is 9.89. The fourth-order valence-corrected chi connectivity index (χ4v) is 2.34. The lowest BCUT2D eigenvalue weighted by Gasteiger charge is -2.31. The van der Waals surface area contributed by atoms with Crippen molar-refractivity contribution in [2.45, 2.75) is 24.7 Å². The molecule has 1 aromatic rings. The predicted molar refractivity (Wildman–Crippen MR) is 86.0 cm³/mol. The predicted octanol–water partition coefficient (Wildman–Crippen LogP) is 0.932. The third kappa shape index (κ3) is 4.83. The first-order valence-electron chi connectivity index (χ1n) is 7.26. The Morgan fingerprint density at radius 1 is 1.32 bits per heavy atom. The molecule has 2 unspecified atom stereocenters. The van der Waals surface area contributed by atoms with Crippen molar-refractivity contribution in [1.82, 2.24) is 10.6 Å². The van der Waals surface area contributed by atoms with Crippen molar-refractivity contribution in [1.29, 1.82) is 0 Å². The summed E-state index contributed by atoms with van der Waals surface area (Å²) in [4.78, 5) is 24.1. The normalized spacial score (nSPS) is 20.1. The fourth-order valence-electron chi connectivity index (χ4n) is 2.34. The summed E-state index contributed by atoms with van der Waals surface area (Å²) in [6, 6.07) is 4.14. The maximum atomic E-state index is 12.9. The van der Waals surface area contributed by atoms with Crippen LogP contribution in [-0.4, -0.2) is 37.6 Å². The first kappa shape index (κ1) is 21.2. The highest BCUT2D eigenvalue weighted by atomic mass is 35.5. The van der Waals surface area contributed by atoms with Gasteiger partial charge >= 0.3 is 6.18 Å². The van der Waals surface area contributed by atoms with Crippen LogP contribution in [0.5, 0.6) is 0 Å². The van der Waals surface area contributed by atoms with Crippen molar-refractivity contribution in [3.05, 3.63) is 35.4 Å². The second-order valence-electron chi connectivity index (χ2n) is 5.62. The van der Waals surface area contributed by atoms with Crippen LogP contribution in [0, 0.1) is 0 Å². The van der Waals surface area contributed by atoms with Crippen molar-refractivity contribution in [3.63, 3.8) is 0 Å². The van der Waals surface area contributed by atoms with Crippen molar-refractivity contribution < 1.29 is 27.5 Å². The molecule has 1 saturated heterocycles. The highest BCUT2D eigenvalue weighted by Gasteiger charge is 2.39. The van der Waals surface area contributed by atoms with E-state index >= 15 is 0 Å². The number of nitrogens with one attached hydrogen (secondary N) is 2. The van der Waals surface area contributed by atoms with E-state index in [1.54, 1.807) is 0 Å². The topological polar surface area (TPSA) is 93.4 Å². The van der Waals surface area contributed by atoms with Gasteiger partial charge in [0.15, 0.2) is 0 Å². The van der Waals surface area contributed by atoms with Crippen LogP contribution in [0.1, 0.15) is 18.1 Å². The molecule has 4 N–H and O–H groups in total. The minimum Gasteiger partial charge on any atom is -0.367 e. The molecule has 1 fully saturated rings. The molecule has 25 heavy (non-hydrogen) atoms. The van der Waals surface area contributed by atoms with Crippen LogP contribution in [0.15, 0.2) is 24.3 Å². The SMILES string of the molecule is CC(NC(=O)C1CNCCO1)(C(N)=O)c1cccc(C(F)(F)F)c1.Cl. The fraction of sp³-hybridized carbons (Fsp3) is 0.467. The van der Waals surface area contributed by atoms with Gasteiger partial charge in [-0.05, 0) is 24.6 Å². The highest BCUT2D eigenvalue weighted by molar-refractivity contribution is 5.92. The Balaban J connectivity index is 0.00000312. The third-order valence-corrected chi connectivity index (χ3v) is 3.85. The van der Waals surface area contributed by atoms with Gasteiger partial charge in [0.25, 0.3) is 5.91 Å². The number of alkyl halides is 3. The lowest BCUT2D eigenvalue weighted by Crippen LogP contribution is -2.58. The van der Waals surface area contributed by atoms with Gasteiger partial charge in [-0.1, -0.05) is 12.1 Å². The number of morpholine rings is 1. The summed E-state index contributed by atoms with van der Waals surface area (Å²) < 4.78 is 43.9. The zero-order valence-electron chi connectivity index (χ0n) is 13.4. The summed E-state index contributed by atoms with van der Waals surface area (Å²) in [5.41, 5.74) is 2.57. The second kappa shape index (κ2) is 8.03. The average Bonchev–Trinajstić information content (AvgIpc) is 2.54. The van der Waals surface area contributed by atoms with Crippen LogP contribution in [-0.2, 0) is 26.0 Å². The molecule has 2 atom stereocenters. The van der Waals surface area contributed by atoms with Crippen LogP contribution in [0.2, 0.25) is 0 Å². The van der Waals surface area contributed by atoms with E-state index < -0.39 is 35.2 Å². The number of carbonyl (C=O) groups is 2. The number of carbonyl (C=O) groups excluding carboxylic acids is 2. The van der Waals surface area contributed by atoms with Crippen LogP contribution in [0.4, 0.5) is 13.2 Å². The first-order chi connectivity index (χ1) is 11.1. The van der Waals surface area contributed by atoms with E-state index in [0.717, 1.165) is 18.2 Å². The molecule has 140 valence electrons. The summed E-state index contributed by atoms with van der Waals surface area (Å²) in [6.07, 6.45) is -5.42. The Morgan fingerprint density at radius 2 is 1.96 bits per heavy atom.